The van der Waals surface area contributed by atoms with Gasteiger partial charge in [0.15, 0.2) is 4.77 Å². The van der Waals surface area contributed by atoms with E-state index in [1.807, 2.05) is 6.92 Å². The molecule has 0 bridgehead atoms. The lowest BCUT2D eigenvalue weighted by molar-refractivity contribution is 0.597. The summed E-state index contributed by atoms with van der Waals surface area (Å²) >= 11 is 5.12. The molecule has 7 heteroatoms. The van der Waals surface area contributed by atoms with Gasteiger partial charge < -0.3 is 4.98 Å². The van der Waals surface area contributed by atoms with Crippen LogP contribution in [0.5, 0.6) is 0 Å². The summed E-state index contributed by atoms with van der Waals surface area (Å²) in [7, 11) is -3.70. The number of nitrogens with two attached hydrogens (primary N) is 1. The number of imidazole rings is 1. The van der Waals surface area contributed by atoms with Crippen molar-refractivity contribution in [3.8, 4) is 5.69 Å². The van der Waals surface area contributed by atoms with Crippen molar-refractivity contribution in [2.45, 2.75) is 11.8 Å². The fourth-order valence-electron chi connectivity index (χ4n) is 1.58. The van der Waals surface area contributed by atoms with E-state index in [0.717, 1.165) is 5.69 Å². The van der Waals surface area contributed by atoms with E-state index in [2.05, 4.69) is 4.98 Å². The lowest BCUT2D eigenvalue weighted by Crippen LogP contribution is -2.12. The number of H-pyrrole nitrogens is 1. The average Bonchev–Trinajstić information content (AvgIpc) is 2.57. The summed E-state index contributed by atoms with van der Waals surface area (Å²) in [6, 6.07) is 6.34. The highest BCUT2D eigenvalue weighted by molar-refractivity contribution is 7.89. The largest absolute Gasteiger partial charge is 0.337 e. The molecule has 0 amide bonds. The van der Waals surface area contributed by atoms with Crippen LogP contribution < -0.4 is 5.14 Å². The molecule has 0 aliphatic rings. The number of hydrogen-bond acceptors (Lipinski definition) is 3. The van der Waals surface area contributed by atoms with Crippen LogP contribution in [0.25, 0.3) is 5.69 Å². The Morgan fingerprint density at radius 1 is 1.41 bits per heavy atom. The quantitative estimate of drug-likeness (QED) is 0.810. The third-order valence-electron chi connectivity index (χ3n) is 2.36. The second-order valence-electron chi connectivity index (χ2n) is 3.61. The van der Waals surface area contributed by atoms with Crippen molar-refractivity contribution < 1.29 is 8.42 Å². The SMILES string of the molecule is Cc1c[nH]c(=S)n1-c1cccc(S(N)(=O)=O)c1. The number of rotatable bonds is 2. The first-order valence-corrected chi connectivity index (χ1v) is 6.75. The number of nitrogens with zero attached hydrogens (tertiary/aromatic N) is 1. The van der Waals surface area contributed by atoms with Crippen LogP contribution in [0.4, 0.5) is 0 Å². The van der Waals surface area contributed by atoms with E-state index in [4.69, 9.17) is 17.4 Å². The molecule has 5 nitrogen and oxygen atoms in total. The fraction of sp³-hybridized carbons (Fsp3) is 0.100. The van der Waals surface area contributed by atoms with Crippen LogP contribution in [0.3, 0.4) is 0 Å². The van der Waals surface area contributed by atoms with E-state index in [1.165, 1.54) is 12.1 Å². The third kappa shape index (κ3) is 2.31. The minimum atomic E-state index is -3.70. The topological polar surface area (TPSA) is 80.9 Å². The van der Waals surface area contributed by atoms with Gasteiger partial charge in [0.05, 0.1) is 4.90 Å². The van der Waals surface area contributed by atoms with Crippen LogP contribution in [0, 0.1) is 11.7 Å². The molecule has 0 radical (unpaired) electrons. The van der Waals surface area contributed by atoms with Crippen molar-refractivity contribution >= 4 is 22.2 Å². The Balaban J connectivity index is 2.67. The van der Waals surface area contributed by atoms with Gasteiger partial charge in [0, 0.05) is 17.6 Å². The summed E-state index contributed by atoms with van der Waals surface area (Å²) in [5, 5.41) is 5.08. The zero-order chi connectivity index (χ0) is 12.6. The first-order valence-electron chi connectivity index (χ1n) is 4.80. The van der Waals surface area contributed by atoms with E-state index in [-0.39, 0.29) is 4.90 Å². The van der Waals surface area contributed by atoms with Crippen molar-refractivity contribution in [3.63, 3.8) is 0 Å². The highest BCUT2D eigenvalue weighted by atomic mass is 32.2. The standard InChI is InChI=1S/C10H11N3O2S2/c1-7-6-12-10(16)13(7)8-3-2-4-9(5-8)17(11,14)15/h2-6H,1H3,(H,12,16)(H2,11,14,15). The Morgan fingerprint density at radius 3 is 2.65 bits per heavy atom. The van der Waals surface area contributed by atoms with Gasteiger partial charge in [-0.2, -0.15) is 0 Å². The van der Waals surface area contributed by atoms with Crippen LogP contribution in [0.1, 0.15) is 5.69 Å². The summed E-state index contributed by atoms with van der Waals surface area (Å²) < 4.78 is 24.8. The first kappa shape index (κ1) is 12.0. The average molecular weight is 269 g/mol. The lowest BCUT2D eigenvalue weighted by Gasteiger charge is -2.06. The number of benzene rings is 1. The van der Waals surface area contributed by atoms with Gasteiger partial charge >= 0.3 is 0 Å². The Hall–Kier alpha value is -1.44. The predicted molar refractivity (Wildman–Crippen MR) is 67.1 cm³/mol. The van der Waals surface area contributed by atoms with E-state index in [9.17, 15) is 8.42 Å². The highest BCUT2D eigenvalue weighted by Gasteiger charge is 2.10. The van der Waals surface area contributed by atoms with E-state index in [0.29, 0.717) is 10.5 Å². The maximum absolute atomic E-state index is 11.3. The van der Waals surface area contributed by atoms with Crippen molar-refractivity contribution in [2.24, 2.45) is 5.14 Å². The zero-order valence-electron chi connectivity index (χ0n) is 9.04. The molecular weight excluding hydrogens is 258 g/mol. The molecule has 0 unspecified atom stereocenters. The fourth-order valence-corrected chi connectivity index (χ4v) is 2.44. The van der Waals surface area contributed by atoms with Gasteiger partial charge in [-0.15, -0.1) is 0 Å². The summed E-state index contributed by atoms with van der Waals surface area (Å²) in [4.78, 5) is 2.96. The van der Waals surface area contributed by atoms with Gasteiger partial charge in [0.25, 0.3) is 0 Å². The number of aromatic nitrogens is 2. The summed E-state index contributed by atoms with van der Waals surface area (Å²) in [6.07, 6.45) is 1.76. The molecule has 0 fully saturated rings. The smallest absolute Gasteiger partial charge is 0.238 e. The maximum Gasteiger partial charge on any atom is 0.238 e. The van der Waals surface area contributed by atoms with Gasteiger partial charge in [-0.25, -0.2) is 13.6 Å². The number of sulfonamides is 1. The minimum absolute atomic E-state index is 0.0671. The Bertz CT molecular complexity index is 713. The van der Waals surface area contributed by atoms with Crippen LogP contribution in [0.2, 0.25) is 0 Å². The maximum atomic E-state index is 11.3. The van der Waals surface area contributed by atoms with Crippen molar-refractivity contribution in [1.29, 1.82) is 0 Å². The second-order valence-corrected chi connectivity index (χ2v) is 5.56. The molecule has 2 rings (SSSR count). The third-order valence-corrected chi connectivity index (χ3v) is 3.58. The molecule has 3 N–H and O–H groups in total. The molecule has 0 aliphatic carbocycles. The number of aromatic amines is 1. The van der Waals surface area contributed by atoms with Crippen LogP contribution in [0.15, 0.2) is 35.4 Å². The van der Waals surface area contributed by atoms with Gasteiger partial charge in [0.2, 0.25) is 10.0 Å². The molecule has 0 spiro atoms. The Morgan fingerprint density at radius 2 is 2.12 bits per heavy atom. The van der Waals surface area contributed by atoms with E-state index < -0.39 is 10.0 Å². The molecule has 1 aromatic heterocycles. The molecular formula is C10H11N3O2S2. The summed E-state index contributed by atoms with van der Waals surface area (Å²) in [5.74, 6) is 0. The molecule has 0 atom stereocenters. The first-order chi connectivity index (χ1) is 7.89. The molecule has 90 valence electrons. The van der Waals surface area contributed by atoms with Crippen molar-refractivity contribution in [2.75, 3.05) is 0 Å². The number of hydrogen-bond donors (Lipinski definition) is 2. The van der Waals surface area contributed by atoms with Crippen LogP contribution in [-0.2, 0) is 10.0 Å². The van der Waals surface area contributed by atoms with Crippen molar-refractivity contribution in [1.82, 2.24) is 9.55 Å². The summed E-state index contributed by atoms with van der Waals surface area (Å²) in [6.45, 7) is 1.87. The number of aryl methyl sites for hydroxylation is 1. The molecule has 17 heavy (non-hydrogen) atoms. The van der Waals surface area contributed by atoms with Crippen LogP contribution >= 0.6 is 12.2 Å². The highest BCUT2D eigenvalue weighted by Crippen LogP contribution is 2.16. The second kappa shape index (κ2) is 4.10. The van der Waals surface area contributed by atoms with Gasteiger partial charge in [-0.1, -0.05) is 6.07 Å². The lowest BCUT2D eigenvalue weighted by atomic mass is 10.3. The summed E-state index contributed by atoms with van der Waals surface area (Å²) in [5.41, 5.74) is 1.56. The van der Waals surface area contributed by atoms with E-state index >= 15 is 0 Å². The number of primary sulfonamides is 1. The van der Waals surface area contributed by atoms with Gasteiger partial charge in [-0.05, 0) is 37.3 Å². The molecule has 0 saturated heterocycles. The normalized spacial score (nSPS) is 11.6. The predicted octanol–water partition coefficient (Wildman–Crippen LogP) is 1.49. The Labute approximate surface area is 104 Å². The molecule has 2 aromatic rings. The number of nitrogens with one attached hydrogen (secondary N) is 1. The molecule has 0 aliphatic heterocycles. The Kier molecular flexibility index (Phi) is 2.90. The minimum Gasteiger partial charge on any atom is -0.337 e. The van der Waals surface area contributed by atoms with Crippen molar-refractivity contribution in [3.05, 3.63) is 40.9 Å². The molecule has 1 aromatic carbocycles. The monoisotopic (exact) mass is 269 g/mol. The van der Waals surface area contributed by atoms with E-state index in [1.54, 1.807) is 22.9 Å². The molecule has 1 heterocycles. The van der Waals surface area contributed by atoms with Gasteiger partial charge in [0.1, 0.15) is 0 Å². The van der Waals surface area contributed by atoms with Crippen LogP contribution in [-0.4, -0.2) is 18.0 Å². The molecule has 0 saturated carbocycles. The van der Waals surface area contributed by atoms with Gasteiger partial charge in [-0.3, -0.25) is 4.57 Å². The zero-order valence-corrected chi connectivity index (χ0v) is 10.7.